The van der Waals surface area contributed by atoms with Crippen LogP contribution in [0.2, 0.25) is 0 Å². The van der Waals surface area contributed by atoms with Crippen molar-refractivity contribution in [3.63, 3.8) is 0 Å². The fourth-order valence-electron chi connectivity index (χ4n) is 6.34. The number of rotatable bonds is 11. The van der Waals surface area contributed by atoms with Crippen molar-refractivity contribution in [2.75, 3.05) is 12.9 Å². The van der Waals surface area contributed by atoms with Crippen molar-refractivity contribution < 1.29 is 26.5 Å². The van der Waals surface area contributed by atoms with Gasteiger partial charge in [-0.15, -0.1) is 0 Å². The molecule has 0 unspecified atom stereocenters. The van der Waals surface area contributed by atoms with E-state index in [1.165, 1.54) is 18.2 Å². The quantitative estimate of drug-likeness (QED) is 0.0467. The Balaban J connectivity index is 1.63. The first-order valence-corrected chi connectivity index (χ1v) is 16.9. The largest absolute Gasteiger partial charge is 0.457 e. The summed E-state index contributed by atoms with van der Waals surface area (Å²) in [5.74, 6) is -0.488. The van der Waals surface area contributed by atoms with Gasteiger partial charge in [-0.25, -0.2) is 4.39 Å². The van der Waals surface area contributed by atoms with E-state index in [1.54, 1.807) is 6.07 Å². The molecule has 0 N–H and O–H groups in total. The summed E-state index contributed by atoms with van der Waals surface area (Å²) >= 11 is 0. The van der Waals surface area contributed by atoms with Gasteiger partial charge in [0.05, 0.1) is 25.0 Å². The molecule has 1 heterocycles. The lowest BCUT2D eigenvalue weighted by atomic mass is 9.78. The normalized spacial score (nSPS) is 16.5. The third-order valence-corrected chi connectivity index (χ3v) is 8.87. The Bertz CT molecular complexity index is 1890. The highest BCUT2D eigenvalue weighted by Gasteiger charge is 2.45. The molecule has 1 aliphatic heterocycles. The SMILES string of the molecule is CS(=O)(=O)OCC[C@@H](OC(c1ccccc1)(c1ccccc1)c1ccccc1)[C@@H]1c2ccccc2Oc2ccc(F)cc2[C@H]1N=[N+]=[N-]. The lowest BCUT2D eigenvalue weighted by Gasteiger charge is -2.42. The first kappa shape index (κ1) is 32.0. The summed E-state index contributed by atoms with van der Waals surface area (Å²) in [5.41, 5.74) is 12.1. The highest BCUT2D eigenvalue weighted by Crippen LogP contribution is 2.52. The van der Waals surface area contributed by atoms with Gasteiger partial charge in [0.15, 0.2) is 0 Å². The summed E-state index contributed by atoms with van der Waals surface area (Å²) in [6.07, 6.45) is 0.163. The molecule has 0 saturated carbocycles. The summed E-state index contributed by atoms with van der Waals surface area (Å²) in [6.45, 7) is -0.226. The van der Waals surface area contributed by atoms with Crippen molar-refractivity contribution in [2.24, 2.45) is 5.11 Å². The second-order valence-corrected chi connectivity index (χ2v) is 12.9. The van der Waals surface area contributed by atoms with Crippen molar-refractivity contribution in [1.29, 1.82) is 0 Å². The van der Waals surface area contributed by atoms with E-state index in [1.807, 2.05) is 109 Å². The van der Waals surface area contributed by atoms with E-state index in [0.717, 1.165) is 22.9 Å². The fourth-order valence-corrected chi connectivity index (χ4v) is 6.74. The van der Waals surface area contributed by atoms with Crippen LogP contribution in [0.15, 0.2) is 139 Å². The van der Waals surface area contributed by atoms with E-state index in [9.17, 15) is 18.3 Å². The van der Waals surface area contributed by atoms with Crippen molar-refractivity contribution in [1.82, 2.24) is 0 Å². The topological polar surface area (TPSA) is 111 Å². The molecule has 8 nitrogen and oxygen atoms in total. The molecule has 0 aromatic heterocycles. The van der Waals surface area contributed by atoms with Gasteiger partial charge in [0.2, 0.25) is 0 Å². The van der Waals surface area contributed by atoms with Crippen molar-refractivity contribution in [3.05, 3.63) is 178 Å². The number of hydrogen-bond donors (Lipinski definition) is 0. The third-order valence-electron chi connectivity index (χ3n) is 8.27. The molecule has 0 spiro atoms. The molecule has 5 aromatic carbocycles. The zero-order chi connectivity index (χ0) is 32.9. The molecule has 238 valence electrons. The molecule has 0 fully saturated rings. The van der Waals surface area contributed by atoms with Crippen LogP contribution in [0.5, 0.6) is 11.5 Å². The van der Waals surface area contributed by atoms with Gasteiger partial charge in [-0.05, 0) is 52.9 Å². The molecular weight excluding hydrogens is 617 g/mol. The highest BCUT2D eigenvalue weighted by molar-refractivity contribution is 7.85. The van der Waals surface area contributed by atoms with E-state index in [-0.39, 0.29) is 13.0 Å². The van der Waals surface area contributed by atoms with Gasteiger partial charge in [-0.1, -0.05) is 114 Å². The summed E-state index contributed by atoms with van der Waals surface area (Å²) < 4.78 is 58.3. The molecule has 6 rings (SSSR count). The maximum absolute atomic E-state index is 14.9. The minimum atomic E-state index is -3.81. The lowest BCUT2D eigenvalue weighted by Crippen LogP contribution is -2.40. The second-order valence-electron chi connectivity index (χ2n) is 11.2. The molecule has 0 saturated heterocycles. The predicted octanol–water partition coefficient (Wildman–Crippen LogP) is 8.81. The number of nitrogens with zero attached hydrogens (tertiary/aromatic N) is 3. The first-order chi connectivity index (χ1) is 22.8. The van der Waals surface area contributed by atoms with Gasteiger partial charge in [0.1, 0.15) is 22.9 Å². The average molecular weight is 650 g/mol. The highest BCUT2D eigenvalue weighted by atomic mass is 32.2. The maximum Gasteiger partial charge on any atom is 0.264 e. The van der Waals surface area contributed by atoms with E-state index in [4.69, 9.17) is 13.7 Å². The Morgan fingerprint density at radius 1 is 0.809 bits per heavy atom. The zero-order valence-electron chi connectivity index (χ0n) is 25.5. The Hall–Kier alpha value is -4.99. The molecule has 5 aromatic rings. The van der Waals surface area contributed by atoms with Crippen molar-refractivity contribution in [2.45, 2.75) is 30.1 Å². The minimum absolute atomic E-state index is 0.0580. The van der Waals surface area contributed by atoms with Gasteiger partial charge in [-0.3, -0.25) is 4.18 Å². The molecule has 47 heavy (non-hydrogen) atoms. The van der Waals surface area contributed by atoms with Gasteiger partial charge in [0, 0.05) is 22.0 Å². The number of ether oxygens (including phenoxy) is 2. The van der Waals surface area contributed by atoms with Crippen LogP contribution in [0.4, 0.5) is 4.39 Å². The van der Waals surface area contributed by atoms with Gasteiger partial charge < -0.3 is 9.47 Å². The number of para-hydroxylation sites is 1. The number of fused-ring (bicyclic) bond motifs is 2. The lowest BCUT2D eigenvalue weighted by molar-refractivity contribution is -0.0708. The van der Waals surface area contributed by atoms with Crippen LogP contribution in [0.1, 0.15) is 46.2 Å². The monoisotopic (exact) mass is 649 g/mol. The van der Waals surface area contributed by atoms with Crippen molar-refractivity contribution >= 4 is 10.1 Å². The van der Waals surface area contributed by atoms with Crippen LogP contribution in [0.3, 0.4) is 0 Å². The van der Waals surface area contributed by atoms with Crippen LogP contribution in [-0.4, -0.2) is 27.4 Å². The minimum Gasteiger partial charge on any atom is -0.457 e. The molecule has 0 amide bonds. The average Bonchev–Trinajstić information content (AvgIpc) is 3.21. The summed E-state index contributed by atoms with van der Waals surface area (Å²) in [4.78, 5) is 3.19. The van der Waals surface area contributed by atoms with Gasteiger partial charge >= 0.3 is 0 Å². The Morgan fingerprint density at radius 2 is 1.34 bits per heavy atom. The standard InChI is InChI=1S/C37H32FN3O5S/c1-47(42,43)44-24-23-34(35-30-19-11-12-20-32(30)45-33-22-21-29(38)25-31(33)36(35)40-41-39)46-37(26-13-5-2-6-14-26,27-15-7-3-8-16-27)28-17-9-4-10-18-28/h2-22,25,34-36H,23-24H2,1H3/t34-,35+,36-/m1/s1. The molecule has 10 heteroatoms. The predicted molar refractivity (Wildman–Crippen MR) is 177 cm³/mol. The maximum atomic E-state index is 14.9. The van der Waals surface area contributed by atoms with Crippen molar-refractivity contribution in [3.8, 4) is 11.5 Å². The Labute approximate surface area is 273 Å². The molecule has 1 aliphatic rings. The van der Waals surface area contributed by atoms with Gasteiger partial charge in [-0.2, -0.15) is 8.42 Å². The summed E-state index contributed by atoms with van der Waals surface area (Å²) in [5, 5.41) is 4.23. The van der Waals surface area contributed by atoms with Crippen LogP contribution < -0.4 is 4.74 Å². The zero-order valence-corrected chi connectivity index (χ0v) is 26.3. The van der Waals surface area contributed by atoms with E-state index in [0.29, 0.717) is 22.6 Å². The van der Waals surface area contributed by atoms with E-state index < -0.39 is 39.6 Å². The summed E-state index contributed by atoms with van der Waals surface area (Å²) in [7, 11) is -3.81. The van der Waals surface area contributed by atoms with Crippen LogP contribution in [-0.2, 0) is 24.6 Å². The number of hydrogen-bond acceptors (Lipinski definition) is 6. The van der Waals surface area contributed by atoms with Crippen LogP contribution in [0, 0.1) is 5.82 Å². The number of benzene rings is 5. The van der Waals surface area contributed by atoms with E-state index in [2.05, 4.69) is 10.0 Å². The Kier molecular flexibility index (Phi) is 9.38. The molecule has 0 aliphatic carbocycles. The first-order valence-electron chi connectivity index (χ1n) is 15.1. The smallest absolute Gasteiger partial charge is 0.264 e. The number of azide groups is 1. The van der Waals surface area contributed by atoms with E-state index >= 15 is 0 Å². The Morgan fingerprint density at radius 3 is 1.89 bits per heavy atom. The summed E-state index contributed by atoms with van der Waals surface area (Å²) in [6, 6.07) is 39.6. The molecular formula is C37H32FN3O5S. The molecule has 0 radical (unpaired) electrons. The second kappa shape index (κ2) is 13.8. The van der Waals surface area contributed by atoms with Gasteiger partial charge in [0.25, 0.3) is 10.1 Å². The third kappa shape index (κ3) is 6.77. The van der Waals surface area contributed by atoms with Crippen LogP contribution in [0.25, 0.3) is 10.4 Å². The fraction of sp³-hybridized carbons (Fsp3) is 0.189. The molecule has 3 atom stereocenters. The van der Waals surface area contributed by atoms with Crippen LogP contribution >= 0.6 is 0 Å². The molecule has 0 bridgehead atoms. The number of halogens is 1.